The van der Waals surface area contributed by atoms with Crippen molar-refractivity contribution in [2.75, 3.05) is 6.54 Å². The summed E-state index contributed by atoms with van der Waals surface area (Å²) in [5, 5.41) is 12.8. The van der Waals surface area contributed by atoms with Gasteiger partial charge in [-0.05, 0) is 50.0 Å². The van der Waals surface area contributed by atoms with E-state index in [0.717, 1.165) is 56.9 Å². The molecule has 2 aliphatic rings. The van der Waals surface area contributed by atoms with E-state index in [1.165, 1.54) is 16.2 Å². The Morgan fingerprint density at radius 2 is 2.00 bits per heavy atom. The fourth-order valence-corrected chi connectivity index (χ4v) is 5.71. The van der Waals surface area contributed by atoms with E-state index in [-0.39, 0.29) is 23.8 Å². The molecule has 2 aromatic heterocycles. The Bertz CT molecular complexity index is 1040. The fourth-order valence-electron chi connectivity index (χ4n) is 4.44. The van der Waals surface area contributed by atoms with Gasteiger partial charge in [-0.1, -0.05) is 12.8 Å². The van der Waals surface area contributed by atoms with Gasteiger partial charge in [0, 0.05) is 11.3 Å². The van der Waals surface area contributed by atoms with Crippen molar-refractivity contribution in [2.45, 2.75) is 63.7 Å². The third-order valence-electron chi connectivity index (χ3n) is 5.98. The van der Waals surface area contributed by atoms with Crippen LogP contribution >= 0.6 is 11.3 Å². The van der Waals surface area contributed by atoms with Gasteiger partial charge >= 0.3 is 0 Å². The molecule has 0 aliphatic heterocycles. The number of aromatic amines is 1. The minimum atomic E-state index is -1.20. The van der Waals surface area contributed by atoms with Crippen molar-refractivity contribution in [1.29, 1.82) is 5.26 Å². The van der Waals surface area contributed by atoms with Crippen LogP contribution in [0.3, 0.4) is 0 Å². The average molecular weight is 413 g/mol. The number of aromatic nitrogens is 2. The number of carbonyl (C=O) groups excluding carboxylic acids is 2. The molecule has 4 rings (SSSR count). The number of hydrogen-bond acceptors (Lipinski definition) is 6. The topological polar surface area (TPSA) is 116 Å². The van der Waals surface area contributed by atoms with Crippen LogP contribution in [0.4, 0.5) is 0 Å². The minimum Gasteiger partial charge on any atom is -0.349 e. The highest BCUT2D eigenvalue weighted by molar-refractivity contribution is 7.18. The number of Topliss-reactive ketones (excluding diaryl/α,β-unsaturated/α-hetero) is 1. The maximum atomic E-state index is 12.7. The Kier molecular flexibility index (Phi) is 5.76. The predicted octanol–water partition coefficient (Wildman–Crippen LogP) is 2.74. The number of ketones is 1. The third kappa shape index (κ3) is 4.10. The van der Waals surface area contributed by atoms with E-state index in [2.05, 4.69) is 15.3 Å². The molecule has 152 valence electrons. The Morgan fingerprint density at radius 1 is 1.24 bits per heavy atom. The van der Waals surface area contributed by atoms with Crippen LogP contribution in [0.2, 0.25) is 0 Å². The molecule has 0 aromatic carbocycles. The number of aryl methyl sites for hydroxylation is 2. The molecule has 0 spiro atoms. The summed E-state index contributed by atoms with van der Waals surface area (Å²) in [5.41, 5.74) is 0.776. The van der Waals surface area contributed by atoms with Crippen molar-refractivity contribution in [2.24, 2.45) is 5.92 Å². The van der Waals surface area contributed by atoms with Gasteiger partial charge in [0.15, 0.2) is 11.7 Å². The number of nitriles is 1. The maximum absolute atomic E-state index is 12.7. The molecule has 0 saturated heterocycles. The van der Waals surface area contributed by atoms with Crippen LogP contribution in [-0.2, 0) is 22.4 Å². The quantitative estimate of drug-likeness (QED) is 0.757. The lowest BCUT2D eigenvalue weighted by atomic mass is 9.97. The highest BCUT2D eigenvalue weighted by Gasteiger charge is 2.27. The Hall–Kier alpha value is -2.53. The summed E-state index contributed by atoms with van der Waals surface area (Å²) >= 11 is 1.48. The number of hydrogen-bond donors (Lipinski definition) is 2. The summed E-state index contributed by atoms with van der Waals surface area (Å²) in [6, 6.07) is 1.94. The van der Waals surface area contributed by atoms with E-state index < -0.39 is 11.7 Å². The Labute approximate surface area is 172 Å². The van der Waals surface area contributed by atoms with Crippen LogP contribution in [0.1, 0.15) is 67.1 Å². The molecule has 2 aliphatic carbocycles. The summed E-state index contributed by atoms with van der Waals surface area (Å²) in [4.78, 5) is 46.2. The summed E-state index contributed by atoms with van der Waals surface area (Å²) in [6.07, 6.45) is 8.81. The summed E-state index contributed by atoms with van der Waals surface area (Å²) in [5.74, 6) is -1.36. The molecule has 2 aromatic rings. The first-order valence-electron chi connectivity index (χ1n) is 10.3. The largest absolute Gasteiger partial charge is 0.349 e. The van der Waals surface area contributed by atoms with Crippen molar-refractivity contribution in [3.05, 3.63) is 26.6 Å². The standard InChI is InChI=1S/C21H24N4O3S/c22-10-14(15(26)11-23-17(27)9-12-5-1-2-6-12)19-24-20(28)18-13-7-3-4-8-16(13)29-21(18)25-19/h12,14H,1-9,11H2,(H,23,27)(H,24,25,28). The summed E-state index contributed by atoms with van der Waals surface area (Å²) in [6.45, 7) is -0.230. The molecule has 0 bridgehead atoms. The summed E-state index contributed by atoms with van der Waals surface area (Å²) in [7, 11) is 0. The highest BCUT2D eigenvalue weighted by atomic mass is 32.1. The molecule has 1 fully saturated rings. The Morgan fingerprint density at radius 3 is 2.76 bits per heavy atom. The molecule has 2 heterocycles. The lowest BCUT2D eigenvalue weighted by molar-refractivity contribution is -0.125. The van der Waals surface area contributed by atoms with Gasteiger partial charge in [0.05, 0.1) is 18.0 Å². The van der Waals surface area contributed by atoms with Crippen LogP contribution in [0, 0.1) is 17.2 Å². The normalized spacial score (nSPS) is 17.6. The lowest BCUT2D eigenvalue weighted by Crippen LogP contribution is -2.33. The number of nitrogens with zero attached hydrogens (tertiary/aromatic N) is 2. The molecule has 0 radical (unpaired) electrons. The molecule has 2 N–H and O–H groups in total. The van der Waals surface area contributed by atoms with Crippen molar-refractivity contribution < 1.29 is 9.59 Å². The molecule has 1 amide bonds. The molecule has 29 heavy (non-hydrogen) atoms. The SMILES string of the molecule is N#CC(C(=O)CNC(=O)CC1CCCC1)c1nc2sc3c(c2c(=O)[nH]1)CCCC3. The second-order valence-electron chi connectivity index (χ2n) is 8.00. The second-order valence-corrected chi connectivity index (χ2v) is 9.09. The molecule has 7 nitrogen and oxygen atoms in total. The number of carbonyl (C=O) groups is 2. The van der Waals surface area contributed by atoms with Crippen LogP contribution < -0.4 is 10.9 Å². The van der Waals surface area contributed by atoms with Gasteiger partial charge in [-0.15, -0.1) is 11.3 Å². The van der Waals surface area contributed by atoms with Gasteiger partial charge in [-0.2, -0.15) is 5.26 Å². The van der Waals surface area contributed by atoms with Gasteiger partial charge in [-0.25, -0.2) is 4.98 Å². The van der Waals surface area contributed by atoms with Gasteiger partial charge in [0.2, 0.25) is 5.91 Å². The van der Waals surface area contributed by atoms with Crippen LogP contribution in [0.25, 0.3) is 10.2 Å². The predicted molar refractivity (Wildman–Crippen MR) is 110 cm³/mol. The zero-order valence-electron chi connectivity index (χ0n) is 16.3. The smallest absolute Gasteiger partial charge is 0.259 e. The molecular formula is C21H24N4O3S. The summed E-state index contributed by atoms with van der Waals surface area (Å²) < 4.78 is 0. The van der Waals surface area contributed by atoms with E-state index in [4.69, 9.17) is 0 Å². The van der Waals surface area contributed by atoms with Gasteiger partial charge < -0.3 is 10.3 Å². The van der Waals surface area contributed by atoms with E-state index in [9.17, 15) is 19.6 Å². The number of nitrogens with one attached hydrogen (secondary N) is 2. The van der Waals surface area contributed by atoms with Crippen molar-refractivity contribution in [1.82, 2.24) is 15.3 Å². The number of rotatable bonds is 6. The third-order valence-corrected chi connectivity index (χ3v) is 7.16. The van der Waals surface area contributed by atoms with E-state index >= 15 is 0 Å². The zero-order valence-corrected chi connectivity index (χ0v) is 17.1. The first-order chi connectivity index (χ1) is 14.1. The lowest BCUT2D eigenvalue weighted by Gasteiger charge is -2.11. The van der Waals surface area contributed by atoms with Crippen molar-refractivity contribution in [3.63, 3.8) is 0 Å². The van der Waals surface area contributed by atoms with Crippen molar-refractivity contribution in [3.8, 4) is 6.07 Å². The highest BCUT2D eigenvalue weighted by Crippen LogP contribution is 2.34. The number of H-pyrrole nitrogens is 1. The molecule has 8 heteroatoms. The Balaban J connectivity index is 1.49. The molecular weight excluding hydrogens is 388 g/mol. The number of amides is 1. The number of thiophene rings is 1. The molecule has 1 unspecified atom stereocenters. The first kappa shape index (κ1) is 19.8. The second kappa shape index (κ2) is 8.46. The van der Waals surface area contributed by atoms with Crippen LogP contribution in [0.15, 0.2) is 4.79 Å². The average Bonchev–Trinajstić information content (AvgIpc) is 3.34. The molecule has 1 atom stereocenters. The first-order valence-corrected chi connectivity index (χ1v) is 11.1. The van der Waals surface area contributed by atoms with E-state index in [0.29, 0.717) is 22.6 Å². The van der Waals surface area contributed by atoms with E-state index in [1.807, 2.05) is 6.07 Å². The monoisotopic (exact) mass is 412 g/mol. The fraction of sp³-hybridized carbons (Fsp3) is 0.571. The van der Waals surface area contributed by atoms with Crippen molar-refractivity contribution >= 4 is 33.2 Å². The van der Waals surface area contributed by atoms with Crippen LogP contribution in [-0.4, -0.2) is 28.2 Å². The van der Waals surface area contributed by atoms with Gasteiger partial charge in [-0.3, -0.25) is 14.4 Å². The minimum absolute atomic E-state index is 0.0682. The maximum Gasteiger partial charge on any atom is 0.259 e. The number of fused-ring (bicyclic) bond motifs is 3. The zero-order chi connectivity index (χ0) is 20.4. The molecule has 1 saturated carbocycles. The van der Waals surface area contributed by atoms with Gasteiger partial charge in [0.1, 0.15) is 10.7 Å². The van der Waals surface area contributed by atoms with E-state index in [1.54, 1.807) is 0 Å². The van der Waals surface area contributed by atoms with Gasteiger partial charge in [0.25, 0.3) is 5.56 Å². The van der Waals surface area contributed by atoms with Crippen LogP contribution in [0.5, 0.6) is 0 Å².